The maximum absolute atomic E-state index is 3.85. The van der Waals surface area contributed by atoms with Gasteiger partial charge in [0.15, 0.2) is 0 Å². The van der Waals surface area contributed by atoms with Gasteiger partial charge in [-0.15, -0.1) is 11.8 Å². The fraction of sp³-hybridized carbons (Fsp3) is 0.160. The molecular formula is C50H41N3S. The summed E-state index contributed by atoms with van der Waals surface area (Å²) in [5.41, 5.74) is 12.0. The van der Waals surface area contributed by atoms with E-state index in [-0.39, 0.29) is 24.4 Å². The minimum absolute atomic E-state index is 0.116. The molecule has 0 radical (unpaired) electrons. The smallest absolute Gasteiger partial charge is 0.109 e. The van der Waals surface area contributed by atoms with Gasteiger partial charge in [0.25, 0.3) is 0 Å². The molecule has 8 atom stereocenters. The minimum Gasteiger partial charge on any atom is -0.357 e. The van der Waals surface area contributed by atoms with Crippen molar-refractivity contribution in [2.45, 2.75) is 34.6 Å². The van der Waals surface area contributed by atoms with Crippen LogP contribution in [0.15, 0.2) is 205 Å². The molecule has 8 unspecified atom stereocenters. The largest absolute Gasteiger partial charge is 0.357 e. The topological polar surface area (TPSA) is 18.5 Å². The molecule has 262 valence electrons. The number of nitrogens with zero attached hydrogens (tertiary/aromatic N) is 2. The second kappa shape index (κ2) is 13.1. The predicted octanol–water partition coefficient (Wildman–Crippen LogP) is 11.2. The van der Waals surface area contributed by atoms with Crippen molar-refractivity contribution in [3.8, 4) is 0 Å². The summed E-state index contributed by atoms with van der Waals surface area (Å²) in [4.78, 5) is 6.62. The first-order chi connectivity index (χ1) is 26.8. The zero-order chi connectivity index (χ0) is 35.6. The molecule has 54 heavy (non-hydrogen) atoms. The molecule has 11 rings (SSSR count). The normalized spacial score (nSPS) is 28.6. The number of anilines is 2. The van der Waals surface area contributed by atoms with Crippen molar-refractivity contribution < 1.29 is 0 Å². The molecule has 0 spiro atoms. The molecule has 2 fully saturated rings. The molecule has 2 saturated heterocycles. The first-order valence-corrected chi connectivity index (χ1v) is 20.2. The second-order valence-corrected chi connectivity index (χ2v) is 16.4. The lowest BCUT2D eigenvalue weighted by atomic mass is 9.76. The Morgan fingerprint density at radius 3 is 1.83 bits per heavy atom. The molecule has 5 aromatic rings. The van der Waals surface area contributed by atoms with Crippen molar-refractivity contribution in [3.05, 3.63) is 222 Å². The van der Waals surface area contributed by atoms with Gasteiger partial charge < -0.3 is 9.80 Å². The third-order valence-electron chi connectivity index (χ3n) is 12.3. The molecule has 1 N–H and O–H groups in total. The van der Waals surface area contributed by atoms with Gasteiger partial charge in [-0.2, -0.15) is 0 Å². The van der Waals surface area contributed by atoms with E-state index in [1.165, 1.54) is 55.2 Å². The highest BCUT2D eigenvalue weighted by Crippen LogP contribution is 2.54. The van der Waals surface area contributed by atoms with Gasteiger partial charge >= 0.3 is 0 Å². The quantitative estimate of drug-likeness (QED) is 0.189. The van der Waals surface area contributed by atoms with Crippen LogP contribution in [-0.4, -0.2) is 17.3 Å². The number of nitrogens with one attached hydrogen (secondary N) is 1. The Hall–Kier alpha value is -5.55. The standard InChI is InChI=1S/C50H41N3S/c1-4-13-33(14-5-1)36-23-29-45-43(31-36)44-32-37(40-20-12-21-42-41-19-10-11-22-47(41)54-48(40)42)24-30-46(44)52(45)38-25-27-39(28-26-38)53-49(34-15-6-2-7-16-34)51-50(53)35-17-8-3-9-18-35/h1-32,40,43-46,48-51H. The molecular weight excluding hydrogens is 675 g/mol. The van der Waals surface area contributed by atoms with Crippen LogP contribution in [-0.2, 0) is 0 Å². The Morgan fingerprint density at radius 1 is 0.537 bits per heavy atom. The molecule has 3 aliphatic carbocycles. The van der Waals surface area contributed by atoms with Gasteiger partial charge in [0, 0.05) is 39.3 Å². The number of hydrogen-bond donors (Lipinski definition) is 1. The van der Waals surface area contributed by atoms with Crippen LogP contribution in [0, 0.1) is 17.8 Å². The maximum Gasteiger partial charge on any atom is 0.109 e. The van der Waals surface area contributed by atoms with Crippen molar-refractivity contribution in [2.24, 2.45) is 17.8 Å². The van der Waals surface area contributed by atoms with E-state index in [1.54, 1.807) is 0 Å². The van der Waals surface area contributed by atoms with Gasteiger partial charge in [0.2, 0.25) is 0 Å². The molecule has 3 aliphatic heterocycles. The van der Waals surface area contributed by atoms with Crippen LogP contribution in [0.2, 0.25) is 0 Å². The summed E-state index contributed by atoms with van der Waals surface area (Å²) in [7, 11) is 0. The van der Waals surface area contributed by atoms with Gasteiger partial charge in [0.05, 0.1) is 12.1 Å². The van der Waals surface area contributed by atoms with E-state index < -0.39 is 0 Å². The Morgan fingerprint density at radius 2 is 1.13 bits per heavy atom. The average molecular weight is 716 g/mol. The molecule has 0 aromatic heterocycles. The third-order valence-corrected chi connectivity index (χ3v) is 13.7. The van der Waals surface area contributed by atoms with E-state index in [0.717, 1.165) is 0 Å². The second-order valence-electron chi connectivity index (χ2n) is 15.2. The van der Waals surface area contributed by atoms with E-state index in [2.05, 4.69) is 209 Å². The summed E-state index contributed by atoms with van der Waals surface area (Å²) >= 11 is 2.04. The summed E-state index contributed by atoms with van der Waals surface area (Å²) in [6.07, 6.45) is 22.3. The number of rotatable bonds is 6. The zero-order valence-electron chi connectivity index (χ0n) is 29.9. The predicted molar refractivity (Wildman–Crippen MR) is 225 cm³/mol. The highest BCUT2D eigenvalue weighted by Gasteiger charge is 2.48. The van der Waals surface area contributed by atoms with Crippen LogP contribution in [0.3, 0.4) is 0 Å². The van der Waals surface area contributed by atoms with Gasteiger partial charge in [0.1, 0.15) is 12.3 Å². The molecule has 4 heteroatoms. The Labute approximate surface area is 322 Å². The number of thioether (sulfide) groups is 1. The van der Waals surface area contributed by atoms with Crippen molar-refractivity contribution in [1.82, 2.24) is 5.32 Å². The highest BCUT2D eigenvalue weighted by molar-refractivity contribution is 8.01. The molecule has 5 aromatic carbocycles. The number of allylic oxidation sites excluding steroid dienone is 7. The van der Waals surface area contributed by atoms with Gasteiger partial charge in [-0.3, -0.25) is 5.32 Å². The van der Waals surface area contributed by atoms with Gasteiger partial charge in [-0.25, -0.2) is 0 Å². The summed E-state index contributed by atoms with van der Waals surface area (Å²) < 4.78 is 0. The molecule has 3 nitrogen and oxygen atoms in total. The fourth-order valence-corrected chi connectivity index (χ4v) is 11.2. The molecule has 0 saturated carbocycles. The van der Waals surface area contributed by atoms with Crippen LogP contribution in [0.5, 0.6) is 0 Å². The summed E-state index contributed by atoms with van der Waals surface area (Å²) in [5, 5.41) is 4.26. The first-order valence-electron chi connectivity index (χ1n) is 19.3. The lowest BCUT2D eigenvalue weighted by Crippen LogP contribution is -2.57. The number of benzene rings is 5. The lowest BCUT2D eigenvalue weighted by Gasteiger charge is -2.52. The van der Waals surface area contributed by atoms with Crippen molar-refractivity contribution in [3.63, 3.8) is 0 Å². The van der Waals surface area contributed by atoms with Crippen LogP contribution < -0.4 is 15.1 Å². The van der Waals surface area contributed by atoms with Crippen molar-refractivity contribution in [2.75, 3.05) is 9.80 Å². The van der Waals surface area contributed by atoms with Gasteiger partial charge in [-0.05, 0) is 69.3 Å². The van der Waals surface area contributed by atoms with E-state index in [1.807, 2.05) is 11.8 Å². The van der Waals surface area contributed by atoms with Crippen LogP contribution in [0.1, 0.15) is 34.6 Å². The van der Waals surface area contributed by atoms with E-state index >= 15 is 0 Å². The van der Waals surface area contributed by atoms with Crippen LogP contribution >= 0.6 is 11.8 Å². The van der Waals surface area contributed by atoms with E-state index in [0.29, 0.717) is 23.0 Å². The number of hydrogen-bond acceptors (Lipinski definition) is 4. The van der Waals surface area contributed by atoms with Crippen molar-refractivity contribution in [1.29, 1.82) is 0 Å². The van der Waals surface area contributed by atoms with Gasteiger partial charge in [-0.1, -0.05) is 164 Å². The summed E-state index contributed by atoms with van der Waals surface area (Å²) in [6.45, 7) is 0. The van der Waals surface area contributed by atoms with Crippen molar-refractivity contribution >= 4 is 34.3 Å². The zero-order valence-corrected chi connectivity index (χ0v) is 30.7. The third kappa shape index (κ3) is 5.23. The fourth-order valence-electron chi connectivity index (χ4n) is 9.76. The molecule has 3 heterocycles. The van der Waals surface area contributed by atoms with Crippen LogP contribution in [0.4, 0.5) is 11.4 Å². The van der Waals surface area contributed by atoms with Crippen LogP contribution in [0.25, 0.3) is 11.1 Å². The monoisotopic (exact) mass is 715 g/mol. The highest BCUT2D eigenvalue weighted by atomic mass is 32.2. The summed E-state index contributed by atoms with van der Waals surface area (Å²) in [6, 6.07) is 51.4. The van der Waals surface area contributed by atoms with E-state index in [4.69, 9.17) is 0 Å². The minimum atomic E-state index is 0.116. The lowest BCUT2D eigenvalue weighted by molar-refractivity contribution is 0.276. The number of fused-ring (bicyclic) bond motifs is 6. The SMILES string of the molecule is C1=CC(C2=CC3C4C=C(c5ccccc5)C=CC4N(c4ccc(N5C(c6ccccc6)NC5c5ccccc5)cc4)C3C=C2)C2Sc3ccccc3C2=C1. The Kier molecular flexibility index (Phi) is 7.74. The van der Waals surface area contributed by atoms with E-state index in [9.17, 15) is 0 Å². The molecule has 0 amide bonds. The summed E-state index contributed by atoms with van der Waals surface area (Å²) in [5.74, 6) is 1.07. The Balaban J connectivity index is 0.937. The maximum atomic E-state index is 3.85. The first kappa shape index (κ1) is 31.9. The Bertz CT molecular complexity index is 2350. The average Bonchev–Trinajstić information content (AvgIpc) is 3.77. The molecule has 6 aliphatic rings. The molecule has 0 bridgehead atoms.